The summed E-state index contributed by atoms with van der Waals surface area (Å²) in [6.45, 7) is 1.80. The van der Waals surface area contributed by atoms with Gasteiger partial charge in [-0.2, -0.15) is 0 Å². The summed E-state index contributed by atoms with van der Waals surface area (Å²) in [4.78, 5) is 22.3. The van der Waals surface area contributed by atoms with Crippen molar-refractivity contribution in [2.75, 3.05) is 32.2 Å². The van der Waals surface area contributed by atoms with Crippen LogP contribution in [0.15, 0.2) is 12.3 Å². The van der Waals surface area contributed by atoms with Gasteiger partial charge in [0.05, 0.1) is 12.2 Å². The predicted molar refractivity (Wildman–Crippen MR) is 71.7 cm³/mol. The predicted octanol–water partition coefficient (Wildman–Crippen LogP) is 0.585. The number of carbonyl (C=O) groups excluding carboxylic acids is 1. The third-order valence-electron chi connectivity index (χ3n) is 3.14. The molecule has 104 valence electrons. The van der Waals surface area contributed by atoms with E-state index in [4.69, 9.17) is 4.74 Å². The molecule has 1 aliphatic heterocycles. The highest BCUT2D eigenvalue weighted by atomic mass is 16.5. The van der Waals surface area contributed by atoms with Gasteiger partial charge in [0.15, 0.2) is 0 Å². The van der Waals surface area contributed by atoms with Crippen molar-refractivity contribution in [1.82, 2.24) is 15.3 Å². The quantitative estimate of drug-likeness (QED) is 0.862. The van der Waals surface area contributed by atoms with Gasteiger partial charge in [0.1, 0.15) is 0 Å². The Morgan fingerprint density at radius 2 is 2.21 bits per heavy atom. The Balaban J connectivity index is 1.87. The molecule has 1 saturated heterocycles. The normalized spacial score (nSPS) is 16.1. The molecular formula is C13H20N4O2. The molecule has 0 aliphatic carbocycles. The van der Waals surface area contributed by atoms with Crippen LogP contribution in [0.25, 0.3) is 0 Å². The minimum absolute atomic E-state index is 0.0731. The fourth-order valence-electron chi connectivity index (χ4n) is 1.98. The Hall–Kier alpha value is -1.69. The summed E-state index contributed by atoms with van der Waals surface area (Å²) >= 11 is 0. The second kappa shape index (κ2) is 6.47. The monoisotopic (exact) mass is 264 g/mol. The molecule has 1 aliphatic rings. The van der Waals surface area contributed by atoms with Crippen molar-refractivity contribution in [3.05, 3.63) is 18.0 Å². The molecule has 1 aromatic rings. The number of hydrogen-bond donors (Lipinski definition) is 1. The first-order valence-corrected chi connectivity index (χ1v) is 6.51. The van der Waals surface area contributed by atoms with Gasteiger partial charge in [-0.25, -0.2) is 9.97 Å². The Morgan fingerprint density at radius 1 is 1.47 bits per heavy atom. The number of aromatic nitrogens is 2. The Bertz CT molecular complexity index is 430. The molecule has 0 radical (unpaired) electrons. The van der Waals surface area contributed by atoms with Gasteiger partial charge >= 0.3 is 0 Å². The maximum absolute atomic E-state index is 12.0. The Labute approximate surface area is 113 Å². The van der Waals surface area contributed by atoms with Gasteiger partial charge in [0.25, 0.3) is 0 Å². The van der Waals surface area contributed by atoms with Gasteiger partial charge in [-0.05, 0) is 18.9 Å². The maximum Gasteiger partial charge on any atom is 0.225 e. The molecule has 0 unspecified atom stereocenters. The smallest absolute Gasteiger partial charge is 0.225 e. The molecule has 0 saturated carbocycles. The summed E-state index contributed by atoms with van der Waals surface area (Å²) in [7, 11) is 3.78. The summed E-state index contributed by atoms with van der Waals surface area (Å²) in [5.74, 6) is 0.815. The summed E-state index contributed by atoms with van der Waals surface area (Å²) in [5.41, 5.74) is 0.819. The van der Waals surface area contributed by atoms with Crippen LogP contribution in [0.4, 0.5) is 5.95 Å². The molecule has 0 aromatic carbocycles. The number of rotatable bonds is 4. The molecule has 0 spiro atoms. The molecule has 1 fully saturated rings. The van der Waals surface area contributed by atoms with Crippen molar-refractivity contribution in [2.24, 2.45) is 5.92 Å². The molecule has 1 amide bonds. The van der Waals surface area contributed by atoms with Gasteiger partial charge < -0.3 is 15.0 Å². The molecule has 2 rings (SSSR count). The molecule has 6 nitrogen and oxygen atoms in total. The first kappa shape index (κ1) is 13.7. The van der Waals surface area contributed by atoms with E-state index in [1.807, 2.05) is 25.1 Å². The van der Waals surface area contributed by atoms with Crippen LogP contribution in [0.1, 0.15) is 18.5 Å². The number of anilines is 1. The molecule has 19 heavy (non-hydrogen) atoms. The summed E-state index contributed by atoms with van der Waals surface area (Å²) < 4.78 is 5.25. The van der Waals surface area contributed by atoms with Crippen molar-refractivity contribution < 1.29 is 9.53 Å². The topological polar surface area (TPSA) is 67.4 Å². The molecule has 6 heteroatoms. The van der Waals surface area contributed by atoms with E-state index in [2.05, 4.69) is 15.3 Å². The van der Waals surface area contributed by atoms with Crippen LogP contribution in [0, 0.1) is 5.92 Å². The van der Waals surface area contributed by atoms with E-state index >= 15 is 0 Å². The van der Waals surface area contributed by atoms with E-state index in [-0.39, 0.29) is 11.8 Å². The van der Waals surface area contributed by atoms with Crippen LogP contribution in [-0.4, -0.2) is 43.2 Å². The lowest BCUT2D eigenvalue weighted by Gasteiger charge is -2.21. The zero-order valence-electron chi connectivity index (χ0n) is 11.4. The van der Waals surface area contributed by atoms with Crippen LogP contribution >= 0.6 is 0 Å². The largest absolute Gasteiger partial charge is 0.381 e. The van der Waals surface area contributed by atoms with E-state index in [9.17, 15) is 4.79 Å². The zero-order valence-corrected chi connectivity index (χ0v) is 11.4. The van der Waals surface area contributed by atoms with Gasteiger partial charge in [-0.15, -0.1) is 0 Å². The van der Waals surface area contributed by atoms with Gasteiger partial charge in [0, 0.05) is 39.4 Å². The fraction of sp³-hybridized carbons (Fsp3) is 0.615. The van der Waals surface area contributed by atoms with Crippen LogP contribution in [0.5, 0.6) is 0 Å². The standard InChI is InChI=1S/C13H20N4O2/c1-17(2)13-14-6-3-11(16-13)9-15-12(18)10-4-7-19-8-5-10/h3,6,10H,4-5,7-9H2,1-2H3,(H,15,18). The molecule has 0 bridgehead atoms. The van der Waals surface area contributed by atoms with E-state index in [1.165, 1.54) is 0 Å². The average molecular weight is 264 g/mol. The SMILES string of the molecule is CN(C)c1nccc(CNC(=O)C2CCOCC2)n1. The van der Waals surface area contributed by atoms with Crippen molar-refractivity contribution in [2.45, 2.75) is 19.4 Å². The molecule has 1 aromatic heterocycles. The highest BCUT2D eigenvalue weighted by Gasteiger charge is 2.21. The van der Waals surface area contributed by atoms with E-state index in [0.717, 1.165) is 18.5 Å². The number of amides is 1. The number of ether oxygens (including phenoxy) is 1. The van der Waals surface area contributed by atoms with Crippen LogP contribution in [0.3, 0.4) is 0 Å². The van der Waals surface area contributed by atoms with Crippen LogP contribution in [0.2, 0.25) is 0 Å². The third-order valence-corrected chi connectivity index (χ3v) is 3.14. The number of carbonyl (C=O) groups is 1. The molecular weight excluding hydrogens is 244 g/mol. The van der Waals surface area contributed by atoms with E-state index in [0.29, 0.717) is 25.7 Å². The highest BCUT2D eigenvalue weighted by molar-refractivity contribution is 5.78. The fourth-order valence-corrected chi connectivity index (χ4v) is 1.98. The first-order chi connectivity index (χ1) is 9.16. The molecule has 1 N–H and O–H groups in total. The van der Waals surface area contributed by atoms with E-state index < -0.39 is 0 Å². The first-order valence-electron chi connectivity index (χ1n) is 6.51. The lowest BCUT2D eigenvalue weighted by atomic mass is 9.99. The van der Waals surface area contributed by atoms with Crippen molar-refractivity contribution in [3.8, 4) is 0 Å². The highest BCUT2D eigenvalue weighted by Crippen LogP contribution is 2.14. The second-order valence-electron chi connectivity index (χ2n) is 4.85. The van der Waals surface area contributed by atoms with Crippen LogP contribution in [-0.2, 0) is 16.1 Å². The van der Waals surface area contributed by atoms with Crippen molar-refractivity contribution in [3.63, 3.8) is 0 Å². The third kappa shape index (κ3) is 3.89. The summed E-state index contributed by atoms with van der Waals surface area (Å²) in [6, 6.07) is 1.82. The Kier molecular flexibility index (Phi) is 4.68. The minimum atomic E-state index is 0.0731. The molecule has 0 atom stereocenters. The Morgan fingerprint density at radius 3 is 2.89 bits per heavy atom. The second-order valence-corrected chi connectivity index (χ2v) is 4.85. The summed E-state index contributed by atoms with van der Waals surface area (Å²) in [6.07, 6.45) is 3.31. The lowest BCUT2D eigenvalue weighted by molar-refractivity contribution is -0.128. The van der Waals surface area contributed by atoms with Crippen molar-refractivity contribution in [1.29, 1.82) is 0 Å². The lowest BCUT2D eigenvalue weighted by Crippen LogP contribution is -2.34. The minimum Gasteiger partial charge on any atom is -0.381 e. The van der Waals surface area contributed by atoms with Gasteiger partial charge in [-0.3, -0.25) is 4.79 Å². The van der Waals surface area contributed by atoms with Crippen molar-refractivity contribution >= 4 is 11.9 Å². The number of nitrogens with zero attached hydrogens (tertiary/aromatic N) is 3. The average Bonchev–Trinajstić information content (AvgIpc) is 2.46. The summed E-state index contributed by atoms with van der Waals surface area (Å²) in [5, 5.41) is 2.93. The van der Waals surface area contributed by atoms with Gasteiger partial charge in [0.2, 0.25) is 11.9 Å². The molecule has 2 heterocycles. The zero-order chi connectivity index (χ0) is 13.7. The van der Waals surface area contributed by atoms with Gasteiger partial charge in [-0.1, -0.05) is 0 Å². The number of hydrogen-bond acceptors (Lipinski definition) is 5. The number of nitrogens with one attached hydrogen (secondary N) is 1. The maximum atomic E-state index is 12.0. The van der Waals surface area contributed by atoms with Crippen LogP contribution < -0.4 is 10.2 Å². The van der Waals surface area contributed by atoms with E-state index in [1.54, 1.807) is 6.20 Å².